The molecule has 1 aliphatic heterocycles. The van der Waals surface area contributed by atoms with Crippen LogP contribution in [0.4, 0.5) is 4.39 Å². The zero-order valence-corrected chi connectivity index (χ0v) is 17.3. The van der Waals surface area contributed by atoms with Crippen molar-refractivity contribution in [3.05, 3.63) is 47.3 Å². The molecule has 2 fully saturated rings. The van der Waals surface area contributed by atoms with Crippen molar-refractivity contribution in [3.8, 4) is 0 Å². The molecule has 3 rings (SSSR count). The van der Waals surface area contributed by atoms with Gasteiger partial charge >= 0.3 is 0 Å². The van der Waals surface area contributed by atoms with Crippen LogP contribution in [0.2, 0.25) is 0 Å². The van der Waals surface area contributed by atoms with Gasteiger partial charge in [0.15, 0.2) is 5.78 Å². The molecule has 0 aromatic heterocycles. The number of amides is 1. The fourth-order valence-corrected chi connectivity index (χ4v) is 3.63. The minimum atomic E-state index is -0.595. The van der Waals surface area contributed by atoms with Gasteiger partial charge in [-0.15, -0.1) is 12.4 Å². The number of piperidine rings is 1. The van der Waals surface area contributed by atoms with Gasteiger partial charge in [-0.3, -0.25) is 14.5 Å². The Morgan fingerprint density at radius 2 is 1.93 bits per heavy atom. The van der Waals surface area contributed by atoms with E-state index in [2.05, 4.69) is 12.6 Å². The van der Waals surface area contributed by atoms with Crippen LogP contribution in [-0.4, -0.2) is 53.9 Å². The smallest absolute Gasteiger partial charge is 0.246 e. The molecule has 1 saturated heterocycles. The van der Waals surface area contributed by atoms with Gasteiger partial charge < -0.3 is 4.90 Å². The number of nitrogens with zero attached hydrogens (tertiary/aromatic N) is 2. The second kappa shape index (κ2) is 9.22. The van der Waals surface area contributed by atoms with Crippen LogP contribution in [0.5, 0.6) is 0 Å². The molecular formula is C20H26ClFN2O2S. The van der Waals surface area contributed by atoms with Crippen molar-refractivity contribution >= 4 is 36.7 Å². The lowest BCUT2D eigenvalue weighted by atomic mass is 9.93. The minimum absolute atomic E-state index is 0. The van der Waals surface area contributed by atoms with E-state index in [1.807, 2.05) is 4.90 Å². The highest BCUT2D eigenvalue weighted by Gasteiger charge is 2.40. The maximum absolute atomic E-state index is 14.5. The lowest BCUT2D eigenvalue weighted by Gasteiger charge is -2.37. The maximum atomic E-state index is 14.5. The number of carbonyl (C=O) groups is 2. The second-order valence-electron chi connectivity index (χ2n) is 7.33. The Labute approximate surface area is 171 Å². The summed E-state index contributed by atoms with van der Waals surface area (Å²) in [4.78, 5) is 28.5. The molecule has 1 amide bonds. The Morgan fingerprint density at radius 1 is 1.26 bits per heavy atom. The van der Waals surface area contributed by atoms with Crippen molar-refractivity contribution in [2.45, 2.75) is 30.6 Å². The van der Waals surface area contributed by atoms with E-state index in [4.69, 9.17) is 0 Å². The molecule has 0 N–H and O–H groups in total. The van der Waals surface area contributed by atoms with Gasteiger partial charge in [0.05, 0.1) is 6.04 Å². The summed E-state index contributed by atoms with van der Waals surface area (Å²) in [5, 5.41) is -0.0209. The van der Waals surface area contributed by atoms with E-state index < -0.39 is 6.04 Å². The van der Waals surface area contributed by atoms with E-state index in [0.29, 0.717) is 18.7 Å². The predicted octanol–water partition coefficient (Wildman–Crippen LogP) is 3.29. The zero-order chi connectivity index (χ0) is 18.8. The number of likely N-dealkylation sites (tertiary alicyclic amines) is 1. The molecule has 148 valence electrons. The summed E-state index contributed by atoms with van der Waals surface area (Å²) in [6.07, 6.45) is 4.09. The van der Waals surface area contributed by atoms with Crippen molar-refractivity contribution in [2.24, 2.45) is 5.92 Å². The van der Waals surface area contributed by atoms with Gasteiger partial charge in [0.25, 0.3) is 0 Å². The summed E-state index contributed by atoms with van der Waals surface area (Å²) >= 11 is 4.60. The highest BCUT2D eigenvalue weighted by Crippen LogP contribution is 2.39. The molecule has 1 heterocycles. The third-order valence-electron chi connectivity index (χ3n) is 5.07. The standard InChI is InChI=1S/C20H25FN2O2S.ClH/c1-22(2)18(24)11-14-12-23(10-9-17(14)26)19(20(25)13-7-8-13)15-5-3-4-6-16(15)21;/h3-6,11,13,17,19,26H,7-10,12H2,1-2H3;1H. The number of hydrogen-bond acceptors (Lipinski definition) is 4. The van der Waals surface area contributed by atoms with Crippen LogP contribution >= 0.6 is 25.0 Å². The van der Waals surface area contributed by atoms with Crippen LogP contribution in [0, 0.1) is 11.7 Å². The fraction of sp³-hybridized carbons (Fsp3) is 0.500. The molecule has 7 heteroatoms. The Hall–Kier alpha value is -1.37. The minimum Gasteiger partial charge on any atom is -0.345 e. The molecule has 0 radical (unpaired) electrons. The van der Waals surface area contributed by atoms with Gasteiger partial charge in [0.1, 0.15) is 5.82 Å². The number of rotatable bonds is 5. The number of halogens is 2. The lowest BCUT2D eigenvalue weighted by Crippen LogP contribution is -2.43. The summed E-state index contributed by atoms with van der Waals surface area (Å²) < 4.78 is 14.5. The Morgan fingerprint density at radius 3 is 2.52 bits per heavy atom. The summed E-state index contributed by atoms with van der Waals surface area (Å²) in [5.74, 6) is -0.332. The van der Waals surface area contributed by atoms with Gasteiger partial charge in [-0.2, -0.15) is 12.6 Å². The first-order valence-electron chi connectivity index (χ1n) is 9.00. The molecule has 1 aliphatic carbocycles. The number of thiol groups is 1. The Kier molecular flexibility index (Phi) is 7.48. The van der Waals surface area contributed by atoms with Crippen molar-refractivity contribution in [3.63, 3.8) is 0 Å². The summed E-state index contributed by atoms with van der Waals surface area (Å²) in [6, 6.07) is 5.91. The van der Waals surface area contributed by atoms with Gasteiger partial charge in [-0.05, 0) is 30.9 Å². The average molecular weight is 413 g/mol. The van der Waals surface area contributed by atoms with Gasteiger partial charge in [-0.25, -0.2) is 4.39 Å². The molecule has 0 spiro atoms. The van der Waals surface area contributed by atoms with Gasteiger partial charge in [0.2, 0.25) is 5.91 Å². The summed E-state index contributed by atoms with van der Waals surface area (Å²) in [5.41, 5.74) is 1.31. The maximum Gasteiger partial charge on any atom is 0.246 e. The van der Waals surface area contributed by atoms with Crippen LogP contribution in [0.25, 0.3) is 0 Å². The highest BCUT2D eigenvalue weighted by molar-refractivity contribution is 7.81. The monoisotopic (exact) mass is 412 g/mol. The van der Waals surface area contributed by atoms with Crippen molar-refractivity contribution in [1.82, 2.24) is 9.80 Å². The van der Waals surface area contributed by atoms with Crippen LogP contribution < -0.4 is 0 Å². The second-order valence-corrected chi connectivity index (χ2v) is 7.95. The van der Waals surface area contributed by atoms with E-state index in [0.717, 1.165) is 24.8 Å². The van der Waals surface area contributed by atoms with Gasteiger partial charge in [-0.1, -0.05) is 18.2 Å². The predicted molar refractivity (Wildman–Crippen MR) is 110 cm³/mol. The van der Waals surface area contributed by atoms with Crippen molar-refractivity contribution in [1.29, 1.82) is 0 Å². The zero-order valence-electron chi connectivity index (χ0n) is 15.6. The fourth-order valence-electron chi connectivity index (χ4n) is 3.36. The van der Waals surface area contributed by atoms with Crippen LogP contribution in [0.3, 0.4) is 0 Å². The van der Waals surface area contributed by atoms with Crippen LogP contribution in [-0.2, 0) is 9.59 Å². The molecule has 2 atom stereocenters. The third kappa shape index (κ3) is 5.12. The van der Waals surface area contributed by atoms with E-state index in [9.17, 15) is 14.0 Å². The third-order valence-corrected chi connectivity index (χ3v) is 5.66. The van der Waals surface area contributed by atoms with Crippen LogP contribution in [0.1, 0.15) is 30.9 Å². The first-order valence-corrected chi connectivity index (χ1v) is 9.52. The number of benzene rings is 1. The Bertz CT molecular complexity index is 736. The first kappa shape index (κ1) is 21.9. The summed E-state index contributed by atoms with van der Waals surface area (Å²) in [7, 11) is 3.40. The molecule has 4 nitrogen and oxygen atoms in total. The first-order chi connectivity index (χ1) is 12.4. The Balaban J connectivity index is 0.00000261. The number of carbonyl (C=O) groups excluding carboxylic acids is 2. The largest absolute Gasteiger partial charge is 0.345 e. The van der Waals surface area contributed by atoms with Gasteiger partial charge in [0, 0.05) is 50.0 Å². The molecule has 0 bridgehead atoms. The van der Waals surface area contributed by atoms with Crippen molar-refractivity contribution in [2.75, 3.05) is 27.2 Å². The number of ketones is 1. The molecule has 2 unspecified atom stereocenters. The lowest BCUT2D eigenvalue weighted by molar-refractivity contribution is -0.126. The van der Waals surface area contributed by atoms with E-state index in [1.54, 1.807) is 38.4 Å². The SMILES string of the molecule is CN(C)C(=O)C=C1CN(C(C(=O)C2CC2)c2ccccc2F)CCC1S.Cl. The normalized spacial score (nSPS) is 22.8. The molecule has 1 aromatic carbocycles. The molecular weight excluding hydrogens is 387 g/mol. The molecule has 1 saturated carbocycles. The highest BCUT2D eigenvalue weighted by atomic mass is 35.5. The number of hydrogen-bond donors (Lipinski definition) is 1. The average Bonchev–Trinajstić information content (AvgIpc) is 3.44. The number of likely N-dealkylation sites (N-methyl/N-ethyl adjacent to an activating group) is 1. The quantitative estimate of drug-likeness (QED) is 0.596. The molecule has 1 aromatic rings. The van der Waals surface area contributed by atoms with Crippen molar-refractivity contribution < 1.29 is 14.0 Å². The summed E-state index contributed by atoms with van der Waals surface area (Å²) in [6.45, 7) is 1.10. The molecule has 2 aliphatic rings. The molecule has 27 heavy (non-hydrogen) atoms. The van der Waals surface area contributed by atoms with E-state index >= 15 is 0 Å². The number of Topliss-reactive ketones (excluding diaryl/α,β-unsaturated/α-hetero) is 1. The van der Waals surface area contributed by atoms with E-state index in [1.165, 1.54) is 11.0 Å². The van der Waals surface area contributed by atoms with Crippen LogP contribution in [0.15, 0.2) is 35.9 Å². The van der Waals surface area contributed by atoms with E-state index in [-0.39, 0.29) is 41.1 Å². The topological polar surface area (TPSA) is 40.6 Å².